The molecule has 4 aliphatic rings. The van der Waals surface area contributed by atoms with E-state index in [1.54, 1.807) is 25.7 Å². The fourth-order valence-corrected chi connectivity index (χ4v) is 9.61. The Morgan fingerprint density at radius 1 is 1.00 bits per heavy atom. The summed E-state index contributed by atoms with van der Waals surface area (Å²) >= 11 is 5.40. The molecular formula is C28H48S. The zero-order valence-electron chi connectivity index (χ0n) is 20.1. The largest absolute Gasteiger partial charge is 0.0900 e. The molecule has 0 saturated heterocycles. The van der Waals surface area contributed by atoms with Gasteiger partial charge in [-0.1, -0.05) is 59.2 Å². The Bertz CT molecular complexity index is 595. The molecule has 29 heavy (non-hydrogen) atoms. The van der Waals surface area contributed by atoms with E-state index >= 15 is 0 Å². The second-order valence-corrected chi connectivity index (χ2v) is 13.2. The molecule has 1 heteroatoms. The molecule has 0 N–H and O–H groups in total. The fourth-order valence-electron chi connectivity index (χ4n) is 9.49. The monoisotopic (exact) mass is 416 g/mol. The lowest BCUT2D eigenvalue weighted by atomic mass is 9.53. The van der Waals surface area contributed by atoms with Crippen molar-refractivity contribution in [3.05, 3.63) is 0 Å². The van der Waals surface area contributed by atoms with Crippen molar-refractivity contribution in [2.45, 2.75) is 118 Å². The second-order valence-electron chi connectivity index (χ2n) is 12.5. The minimum atomic E-state index is 0.626. The zero-order valence-corrected chi connectivity index (χ0v) is 21.0. The molecule has 0 heterocycles. The van der Waals surface area contributed by atoms with E-state index in [-0.39, 0.29) is 0 Å². The molecule has 4 aliphatic carbocycles. The van der Waals surface area contributed by atoms with Gasteiger partial charge < -0.3 is 0 Å². The van der Waals surface area contributed by atoms with E-state index in [9.17, 15) is 0 Å². The molecule has 0 amide bonds. The predicted octanol–water partition coefficient (Wildman–Crippen LogP) is 8.87. The molecule has 9 atom stereocenters. The predicted molar refractivity (Wildman–Crippen MR) is 130 cm³/mol. The maximum Gasteiger partial charge on any atom is -0.0102 e. The van der Waals surface area contributed by atoms with Crippen LogP contribution in [0, 0.1) is 52.3 Å². The van der Waals surface area contributed by atoms with Crippen LogP contribution in [-0.4, -0.2) is 4.86 Å². The highest BCUT2D eigenvalue weighted by atomic mass is 32.1. The van der Waals surface area contributed by atoms with Gasteiger partial charge in [0.1, 0.15) is 0 Å². The van der Waals surface area contributed by atoms with Crippen molar-refractivity contribution < 1.29 is 0 Å². The van der Waals surface area contributed by atoms with E-state index < -0.39 is 0 Å². The Morgan fingerprint density at radius 2 is 1.72 bits per heavy atom. The quantitative estimate of drug-likeness (QED) is 0.373. The second kappa shape index (κ2) is 8.55. The van der Waals surface area contributed by atoms with Crippen molar-refractivity contribution in [2.24, 2.45) is 52.3 Å². The Hall–Kier alpha value is 0.0900. The molecule has 0 spiro atoms. The van der Waals surface area contributed by atoms with E-state index in [0.717, 1.165) is 41.4 Å². The van der Waals surface area contributed by atoms with Crippen LogP contribution < -0.4 is 0 Å². The molecule has 0 aromatic heterocycles. The first-order valence-corrected chi connectivity index (χ1v) is 13.7. The highest BCUT2D eigenvalue weighted by molar-refractivity contribution is 7.80. The summed E-state index contributed by atoms with van der Waals surface area (Å²) in [6, 6.07) is 0. The van der Waals surface area contributed by atoms with Crippen molar-refractivity contribution in [1.82, 2.24) is 0 Å². The molecule has 0 nitrogen and oxygen atoms in total. The van der Waals surface area contributed by atoms with Gasteiger partial charge in [-0.3, -0.25) is 0 Å². The number of hydrogen-bond acceptors (Lipinski definition) is 1. The zero-order chi connectivity index (χ0) is 20.8. The van der Waals surface area contributed by atoms with Gasteiger partial charge in [-0.2, -0.15) is 0 Å². The highest BCUT2D eigenvalue weighted by Crippen LogP contribution is 2.70. The molecule has 0 aliphatic heterocycles. The van der Waals surface area contributed by atoms with Crippen LogP contribution in [0.1, 0.15) is 118 Å². The molecule has 0 aromatic rings. The van der Waals surface area contributed by atoms with Gasteiger partial charge in [0.25, 0.3) is 0 Å². The van der Waals surface area contributed by atoms with Crippen LogP contribution in [0.3, 0.4) is 0 Å². The lowest BCUT2D eigenvalue weighted by molar-refractivity contribution is -0.0278. The van der Waals surface area contributed by atoms with Crippen molar-refractivity contribution in [2.75, 3.05) is 0 Å². The maximum absolute atomic E-state index is 5.40. The van der Waals surface area contributed by atoms with E-state index in [0.29, 0.717) is 10.8 Å². The lowest BCUT2D eigenvalue weighted by Gasteiger charge is -2.52. The standard InChI is InChI=1S/C28H48S/c1-6-7-8-21-13-15-27(4)22(17-21)18-23-25-12-11-24(19(2)9-10-20(3)29)28(25,5)16-14-26(23)27/h19,21-26H,6-18H2,1-5H3. The van der Waals surface area contributed by atoms with Crippen molar-refractivity contribution in [3.63, 3.8) is 0 Å². The third-order valence-corrected chi connectivity index (χ3v) is 11.4. The summed E-state index contributed by atoms with van der Waals surface area (Å²) in [7, 11) is 0. The number of unbranched alkanes of at least 4 members (excludes halogenated alkanes) is 1. The van der Waals surface area contributed by atoms with E-state index in [4.69, 9.17) is 12.2 Å². The molecule has 0 aromatic carbocycles. The summed E-state index contributed by atoms with van der Waals surface area (Å²) in [5.41, 5.74) is 1.31. The van der Waals surface area contributed by atoms with Crippen molar-refractivity contribution >= 4 is 17.1 Å². The average molecular weight is 417 g/mol. The summed E-state index contributed by atoms with van der Waals surface area (Å²) in [6.45, 7) is 12.5. The van der Waals surface area contributed by atoms with Gasteiger partial charge in [0, 0.05) is 0 Å². The third-order valence-electron chi connectivity index (χ3n) is 11.2. The summed E-state index contributed by atoms with van der Waals surface area (Å²) in [4.78, 5) is 1.21. The van der Waals surface area contributed by atoms with Crippen LogP contribution in [0.25, 0.3) is 0 Å². The van der Waals surface area contributed by atoms with E-state index in [1.807, 2.05) is 0 Å². The summed E-state index contributed by atoms with van der Waals surface area (Å²) in [5.74, 6) is 7.04. The number of hydrogen-bond donors (Lipinski definition) is 0. The van der Waals surface area contributed by atoms with E-state index in [2.05, 4.69) is 34.6 Å². The molecule has 4 fully saturated rings. The Labute approximate surface area is 187 Å². The summed E-state index contributed by atoms with van der Waals surface area (Å²) < 4.78 is 0. The summed E-state index contributed by atoms with van der Waals surface area (Å²) in [6.07, 6.45) is 19.2. The van der Waals surface area contributed by atoms with Gasteiger partial charge in [-0.15, -0.1) is 0 Å². The van der Waals surface area contributed by atoms with E-state index in [1.165, 1.54) is 62.7 Å². The first kappa shape index (κ1) is 22.3. The smallest absolute Gasteiger partial charge is 0.0102 e. The Kier molecular flexibility index (Phi) is 6.57. The van der Waals surface area contributed by atoms with Crippen molar-refractivity contribution in [1.29, 1.82) is 0 Å². The molecule has 9 unspecified atom stereocenters. The van der Waals surface area contributed by atoms with Crippen LogP contribution >= 0.6 is 12.2 Å². The summed E-state index contributed by atoms with van der Waals surface area (Å²) in [5, 5.41) is 0. The average Bonchev–Trinajstić information content (AvgIpc) is 3.18. The van der Waals surface area contributed by atoms with Gasteiger partial charge in [0.05, 0.1) is 0 Å². The first-order valence-electron chi connectivity index (χ1n) is 13.3. The Balaban J connectivity index is 1.46. The highest BCUT2D eigenvalue weighted by Gasteiger charge is 2.62. The topological polar surface area (TPSA) is 0 Å². The van der Waals surface area contributed by atoms with Gasteiger partial charge in [0.2, 0.25) is 0 Å². The maximum atomic E-state index is 5.40. The number of rotatable bonds is 7. The normalized spacial score (nSPS) is 47.3. The Morgan fingerprint density at radius 3 is 2.45 bits per heavy atom. The lowest BCUT2D eigenvalue weighted by Crippen LogP contribution is -2.44. The fraction of sp³-hybridized carbons (Fsp3) is 0.964. The molecule has 4 saturated carbocycles. The van der Waals surface area contributed by atoms with Gasteiger partial charge in [0.15, 0.2) is 0 Å². The van der Waals surface area contributed by atoms with Gasteiger partial charge in [-0.05, 0) is 128 Å². The van der Waals surface area contributed by atoms with Gasteiger partial charge in [-0.25, -0.2) is 0 Å². The molecule has 4 rings (SSSR count). The van der Waals surface area contributed by atoms with Crippen LogP contribution in [0.2, 0.25) is 0 Å². The number of thiocarbonyl (C=S) groups is 1. The molecule has 166 valence electrons. The molecule has 0 radical (unpaired) electrons. The number of fused-ring (bicyclic) bond motifs is 5. The van der Waals surface area contributed by atoms with Gasteiger partial charge >= 0.3 is 0 Å². The SMILES string of the molecule is CCCCC1CCC2(C)C(C1)CC1C2CCC2(C)C(C(C)CCC(C)=S)CCC12. The van der Waals surface area contributed by atoms with Crippen molar-refractivity contribution in [3.8, 4) is 0 Å². The van der Waals surface area contributed by atoms with Crippen LogP contribution in [0.5, 0.6) is 0 Å². The van der Waals surface area contributed by atoms with Crippen LogP contribution in [0.4, 0.5) is 0 Å². The van der Waals surface area contributed by atoms with Crippen LogP contribution in [-0.2, 0) is 0 Å². The van der Waals surface area contributed by atoms with Crippen LogP contribution in [0.15, 0.2) is 0 Å². The molecular weight excluding hydrogens is 368 g/mol. The third kappa shape index (κ3) is 3.89. The minimum absolute atomic E-state index is 0.626. The minimum Gasteiger partial charge on any atom is -0.0900 e. The molecule has 0 bridgehead atoms. The first-order chi connectivity index (χ1) is 13.8.